The fourth-order valence-electron chi connectivity index (χ4n) is 3.30. The Morgan fingerprint density at radius 2 is 1.62 bits per heavy atom. The molecular weight excluding hydrogens is 414 g/mol. The van der Waals surface area contributed by atoms with Crippen LogP contribution in [0, 0.1) is 6.92 Å². The van der Waals surface area contributed by atoms with Crippen molar-refractivity contribution in [3.8, 4) is 28.8 Å². The van der Waals surface area contributed by atoms with Crippen molar-refractivity contribution in [1.29, 1.82) is 0 Å². The Morgan fingerprint density at radius 3 is 2.16 bits per heavy atom. The summed E-state index contributed by atoms with van der Waals surface area (Å²) in [5, 5.41) is 10.8. The van der Waals surface area contributed by atoms with Crippen molar-refractivity contribution >= 4 is 5.71 Å². The maximum absolute atomic E-state index is 12.5. The van der Waals surface area contributed by atoms with E-state index in [0.29, 0.717) is 22.9 Å². The summed E-state index contributed by atoms with van der Waals surface area (Å²) in [6.07, 6.45) is 0. The summed E-state index contributed by atoms with van der Waals surface area (Å²) in [6.45, 7) is 3.67. The molecule has 0 saturated carbocycles. The van der Waals surface area contributed by atoms with Gasteiger partial charge in [0.15, 0.2) is 11.5 Å². The van der Waals surface area contributed by atoms with Crippen LogP contribution in [0.1, 0.15) is 23.6 Å². The zero-order valence-electron chi connectivity index (χ0n) is 18.6. The lowest BCUT2D eigenvalue weighted by Gasteiger charge is -2.14. The van der Waals surface area contributed by atoms with Crippen molar-refractivity contribution < 1.29 is 19.3 Å². The van der Waals surface area contributed by atoms with E-state index in [2.05, 4.69) is 9.98 Å². The molecule has 0 bridgehead atoms. The third-order valence-electron chi connectivity index (χ3n) is 4.96. The Balaban J connectivity index is 2.04. The summed E-state index contributed by atoms with van der Waals surface area (Å²) in [4.78, 5) is 31.5. The molecule has 0 saturated heterocycles. The summed E-state index contributed by atoms with van der Waals surface area (Å²) >= 11 is 0. The number of aromatic hydroxyl groups is 1. The third-order valence-corrected chi connectivity index (χ3v) is 4.96. The highest BCUT2D eigenvalue weighted by Gasteiger charge is 2.18. The SMILES string of the molecule is COc1cc(CN=C(C)c2c(O)n(-c3ccc(C)cc3)c(=O)[nH]c2=O)cc(OC)c1OC. The van der Waals surface area contributed by atoms with E-state index in [9.17, 15) is 14.7 Å². The minimum Gasteiger partial charge on any atom is -0.493 e. The van der Waals surface area contributed by atoms with E-state index in [1.54, 1.807) is 43.3 Å². The summed E-state index contributed by atoms with van der Waals surface area (Å²) in [5.41, 5.74) is 0.874. The molecule has 3 rings (SSSR count). The summed E-state index contributed by atoms with van der Waals surface area (Å²) in [6, 6.07) is 10.5. The molecule has 0 aliphatic heterocycles. The lowest BCUT2D eigenvalue weighted by atomic mass is 10.1. The highest BCUT2D eigenvalue weighted by atomic mass is 16.5. The Morgan fingerprint density at radius 1 is 1.03 bits per heavy atom. The van der Waals surface area contributed by atoms with Gasteiger partial charge in [0.25, 0.3) is 5.56 Å². The lowest BCUT2D eigenvalue weighted by Crippen LogP contribution is -2.32. The second-order valence-electron chi connectivity index (χ2n) is 7.06. The van der Waals surface area contributed by atoms with Gasteiger partial charge in [0.2, 0.25) is 11.6 Å². The molecule has 0 aliphatic carbocycles. The lowest BCUT2D eigenvalue weighted by molar-refractivity contribution is 0.324. The normalized spacial score (nSPS) is 11.3. The fourth-order valence-corrected chi connectivity index (χ4v) is 3.30. The summed E-state index contributed by atoms with van der Waals surface area (Å²) in [5.74, 6) is 0.930. The van der Waals surface area contributed by atoms with Crippen molar-refractivity contribution in [3.63, 3.8) is 0 Å². The first kappa shape index (κ1) is 22.7. The molecule has 0 fully saturated rings. The van der Waals surface area contributed by atoms with Crippen LogP contribution >= 0.6 is 0 Å². The number of aliphatic imine (C=N–C) groups is 1. The molecule has 168 valence electrons. The number of aromatic amines is 1. The van der Waals surface area contributed by atoms with E-state index in [1.165, 1.54) is 21.3 Å². The van der Waals surface area contributed by atoms with Crippen molar-refractivity contribution in [1.82, 2.24) is 9.55 Å². The first-order valence-corrected chi connectivity index (χ1v) is 9.76. The standard InChI is InChI=1S/C23H25N3O6/c1-13-6-8-16(9-7-13)26-22(28)19(21(27)25-23(26)29)14(2)24-12-15-10-17(30-3)20(32-5)18(11-15)31-4/h6-11,28H,12H2,1-5H3,(H,25,27,29). The molecule has 0 unspecified atom stereocenters. The van der Waals surface area contributed by atoms with Crippen LogP contribution < -0.4 is 25.5 Å². The van der Waals surface area contributed by atoms with Crippen LogP contribution in [0.25, 0.3) is 5.69 Å². The Bertz CT molecular complexity index is 1250. The van der Waals surface area contributed by atoms with Crippen molar-refractivity contribution in [3.05, 3.63) is 73.9 Å². The van der Waals surface area contributed by atoms with E-state index in [-0.39, 0.29) is 17.8 Å². The molecule has 1 aromatic heterocycles. The Hall–Kier alpha value is -4.01. The molecular formula is C23H25N3O6. The van der Waals surface area contributed by atoms with Crippen molar-refractivity contribution in [2.45, 2.75) is 20.4 Å². The van der Waals surface area contributed by atoms with Gasteiger partial charge in [0, 0.05) is 0 Å². The summed E-state index contributed by atoms with van der Waals surface area (Å²) in [7, 11) is 4.54. The fraction of sp³-hybridized carbons (Fsp3) is 0.261. The smallest absolute Gasteiger partial charge is 0.335 e. The molecule has 0 radical (unpaired) electrons. The van der Waals surface area contributed by atoms with E-state index >= 15 is 0 Å². The number of aromatic nitrogens is 2. The number of nitrogens with zero attached hydrogens (tertiary/aromatic N) is 2. The second-order valence-corrected chi connectivity index (χ2v) is 7.06. The number of nitrogens with one attached hydrogen (secondary N) is 1. The van der Waals surface area contributed by atoms with Gasteiger partial charge in [-0.1, -0.05) is 17.7 Å². The van der Waals surface area contributed by atoms with Crippen LogP contribution in [0.5, 0.6) is 23.1 Å². The van der Waals surface area contributed by atoms with Gasteiger partial charge in [-0.15, -0.1) is 0 Å². The van der Waals surface area contributed by atoms with Gasteiger partial charge in [0.1, 0.15) is 5.56 Å². The molecule has 1 heterocycles. The van der Waals surface area contributed by atoms with E-state index < -0.39 is 17.1 Å². The molecule has 9 nitrogen and oxygen atoms in total. The Kier molecular flexibility index (Phi) is 6.67. The zero-order chi connectivity index (χ0) is 23.4. The minimum atomic E-state index is -0.738. The first-order chi connectivity index (χ1) is 15.3. The van der Waals surface area contributed by atoms with Crippen LogP contribution in [-0.4, -0.2) is 41.7 Å². The van der Waals surface area contributed by atoms with Crippen LogP contribution in [0.15, 0.2) is 51.0 Å². The third kappa shape index (κ3) is 4.36. The predicted octanol–water partition coefficient (Wildman–Crippen LogP) is 2.57. The maximum atomic E-state index is 12.5. The van der Waals surface area contributed by atoms with Gasteiger partial charge in [-0.25, -0.2) is 9.36 Å². The van der Waals surface area contributed by atoms with Crippen molar-refractivity contribution in [2.75, 3.05) is 21.3 Å². The predicted molar refractivity (Wildman–Crippen MR) is 121 cm³/mol. The number of methoxy groups -OCH3 is 3. The molecule has 3 aromatic rings. The summed E-state index contributed by atoms with van der Waals surface area (Å²) < 4.78 is 17.1. The number of hydrogen-bond donors (Lipinski definition) is 2. The van der Waals surface area contributed by atoms with Crippen LogP contribution in [-0.2, 0) is 6.54 Å². The van der Waals surface area contributed by atoms with Gasteiger partial charge in [-0.3, -0.25) is 14.8 Å². The number of H-pyrrole nitrogens is 1. The molecule has 0 amide bonds. The quantitative estimate of drug-likeness (QED) is 0.547. The maximum Gasteiger partial charge on any atom is 0.335 e. The molecule has 32 heavy (non-hydrogen) atoms. The molecule has 0 aliphatic rings. The van der Waals surface area contributed by atoms with Crippen LogP contribution in [0.3, 0.4) is 0 Å². The van der Waals surface area contributed by atoms with Crippen molar-refractivity contribution in [2.24, 2.45) is 4.99 Å². The number of rotatable bonds is 7. The van der Waals surface area contributed by atoms with E-state index in [0.717, 1.165) is 15.7 Å². The Labute approximate surface area is 184 Å². The highest BCUT2D eigenvalue weighted by molar-refractivity contribution is 6.00. The van der Waals surface area contributed by atoms with E-state index in [4.69, 9.17) is 14.2 Å². The largest absolute Gasteiger partial charge is 0.493 e. The highest BCUT2D eigenvalue weighted by Crippen LogP contribution is 2.38. The number of aryl methyl sites for hydroxylation is 1. The van der Waals surface area contributed by atoms with Gasteiger partial charge < -0.3 is 19.3 Å². The zero-order valence-corrected chi connectivity index (χ0v) is 18.6. The van der Waals surface area contributed by atoms with E-state index in [1.807, 2.05) is 6.92 Å². The second kappa shape index (κ2) is 9.42. The molecule has 0 atom stereocenters. The van der Waals surface area contributed by atoms with Gasteiger partial charge in [0.05, 0.1) is 39.3 Å². The number of ether oxygens (including phenoxy) is 3. The molecule has 2 N–H and O–H groups in total. The molecule has 2 aromatic carbocycles. The monoisotopic (exact) mass is 439 g/mol. The van der Waals surface area contributed by atoms with Gasteiger partial charge in [-0.2, -0.15) is 0 Å². The van der Waals surface area contributed by atoms with Crippen LogP contribution in [0.2, 0.25) is 0 Å². The topological polar surface area (TPSA) is 115 Å². The van der Waals surface area contributed by atoms with Gasteiger partial charge >= 0.3 is 5.69 Å². The molecule has 0 spiro atoms. The number of benzene rings is 2. The minimum absolute atomic E-state index is 0.0855. The van der Waals surface area contributed by atoms with Crippen LogP contribution in [0.4, 0.5) is 0 Å². The molecule has 9 heteroatoms. The average Bonchev–Trinajstić information content (AvgIpc) is 2.77. The van der Waals surface area contributed by atoms with Gasteiger partial charge in [-0.05, 0) is 43.7 Å². The average molecular weight is 439 g/mol. The first-order valence-electron chi connectivity index (χ1n) is 9.76. The number of hydrogen-bond acceptors (Lipinski definition) is 7.